The molecule has 35 heavy (non-hydrogen) atoms. The van der Waals surface area contributed by atoms with E-state index in [1.165, 1.54) is 11.6 Å². The molecular formula is C27H34O8. The van der Waals surface area contributed by atoms with Crippen molar-refractivity contribution in [2.75, 3.05) is 13.2 Å². The van der Waals surface area contributed by atoms with Crippen LogP contribution in [0.5, 0.6) is 11.5 Å². The summed E-state index contributed by atoms with van der Waals surface area (Å²) in [5.74, 6) is 0.356. The molecular weight excluding hydrogens is 452 g/mol. The van der Waals surface area contributed by atoms with Gasteiger partial charge in [0.05, 0.1) is 18.8 Å². The van der Waals surface area contributed by atoms with Crippen LogP contribution in [0.15, 0.2) is 36.4 Å². The van der Waals surface area contributed by atoms with E-state index in [0.717, 1.165) is 29.5 Å². The zero-order valence-electron chi connectivity index (χ0n) is 20.1. The molecule has 0 radical (unpaired) electrons. The summed E-state index contributed by atoms with van der Waals surface area (Å²) in [4.78, 5) is 11.8. The van der Waals surface area contributed by atoms with Crippen LogP contribution in [0.4, 0.5) is 4.79 Å². The molecule has 1 aliphatic heterocycles. The van der Waals surface area contributed by atoms with Crippen molar-refractivity contribution in [3.05, 3.63) is 58.7 Å². The standard InChI is InChI=1S/C27H34O8/c1-15(2)13-33-27(32)34-14-25-26(31)23(30)12-24(35-25)18-6-7-20(17-4-5-17)19(11-18)9-16-3-8-21(28)22(29)10-16/h3,6-8,10-11,15,17,23-26,28-31H,4-5,9,12-14H2,1-2H3/t23-,24-,25-,26+/m1/s1. The maximum Gasteiger partial charge on any atom is 0.508 e. The molecule has 0 amide bonds. The zero-order valence-corrected chi connectivity index (χ0v) is 20.1. The molecule has 0 unspecified atom stereocenters. The zero-order chi connectivity index (χ0) is 25.1. The number of carbonyl (C=O) groups excluding carboxylic acids is 1. The van der Waals surface area contributed by atoms with E-state index in [4.69, 9.17) is 14.2 Å². The number of benzene rings is 2. The number of phenolic OH excluding ortho intramolecular Hbond substituents is 2. The van der Waals surface area contributed by atoms with E-state index in [1.807, 2.05) is 26.0 Å². The van der Waals surface area contributed by atoms with Crippen LogP contribution < -0.4 is 0 Å². The minimum atomic E-state index is -1.19. The van der Waals surface area contributed by atoms with Crippen LogP contribution in [-0.4, -0.2) is 58.1 Å². The number of phenols is 2. The van der Waals surface area contributed by atoms with Crippen molar-refractivity contribution in [3.63, 3.8) is 0 Å². The third-order valence-electron chi connectivity index (χ3n) is 6.46. The minimum Gasteiger partial charge on any atom is -0.504 e. The number of carbonyl (C=O) groups is 1. The van der Waals surface area contributed by atoms with E-state index in [0.29, 0.717) is 12.3 Å². The molecule has 190 valence electrons. The molecule has 4 atom stereocenters. The molecule has 2 aromatic rings. The van der Waals surface area contributed by atoms with E-state index < -0.39 is 30.6 Å². The molecule has 2 fully saturated rings. The van der Waals surface area contributed by atoms with Crippen molar-refractivity contribution in [3.8, 4) is 11.5 Å². The van der Waals surface area contributed by atoms with Gasteiger partial charge in [-0.05, 0) is 65.5 Å². The van der Waals surface area contributed by atoms with E-state index in [-0.39, 0.29) is 37.1 Å². The SMILES string of the molecule is CC(C)COC(=O)OC[C@H]1O[C@@H](c2ccc(C3CC3)c(Cc3ccc(O)c(O)c3)c2)C[C@@H](O)[C@@H]1O. The van der Waals surface area contributed by atoms with Crippen LogP contribution in [0.25, 0.3) is 0 Å². The Hall–Kier alpha value is -2.81. The van der Waals surface area contributed by atoms with Crippen LogP contribution >= 0.6 is 0 Å². The van der Waals surface area contributed by atoms with Crippen LogP contribution in [0.3, 0.4) is 0 Å². The molecule has 4 N–H and O–H groups in total. The molecule has 8 heteroatoms. The number of ether oxygens (including phenoxy) is 3. The van der Waals surface area contributed by atoms with Gasteiger partial charge in [0.15, 0.2) is 11.5 Å². The Morgan fingerprint density at radius 3 is 2.51 bits per heavy atom. The minimum absolute atomic E-state index is 0.158. The lowest BCUT2D eigenvalue weighted by atomic mass is 9.89. The van der Waals surface area contributed by atoms with Crippen LogP contribution in [-0.2, 0) is 20.6 Å². The number of rotatable bonds is 8. The fraction of sp³-hybridized carbons (Fsp3) is 0.519. The average molecular weight is 487 g/mol. The van der Waals surface area contributed by atoms with Crippen molar-refractivity contribution in [2.45, 2.75) is 69.9 Å². The van der Waals surface area contributed by atoms with Gasteiger partial charge in [0.25, 0.3) is 0 Å². The quantitative estimate of drug-likeness (QED) is 0.327. The topological polar surface area (TPSA) is 126 Å². The predicted molar refractivity (Wildman–Crippen MR) is 127 cm³/mol. The monoisotopic (exact) mass is 486 g/mol. The number of aliphatic hydroxyl groups excluding tert-OH is 2. The van der Waals surface area contributed by atoms with E-state index in [1.54, 1.807) is 12.1 Å². The Labute approximate surface area is 205 Å². The van der Waals surface area contributed by atoms with E-state index >= 15 is 0 Å². The summed E-state index contributed by atoms with van der Waals surface area (Å²) >= 11 is 0. The highest BCUT2D eigenvalue weighted by Crippen LogP contribution is 2.43. The molecule has 0 aromatic heterocycles. The first-order valence-electron chi connectivity index (χ1n) is 12.2. The van der Waals surface area contributed by atoms with Gasteiger partial charge in [-0.25, -0.2) is 4.79 Å². The highest BCUT2D eigenvalue weighted by molar-refractivity contribution is 5.59. The lowest BCUT2D eigenvalue weighted by Crippen LogP contribution is -2.48. The highest BCUT2D eigenvalue weighted by atomic mass is 16.7. The summed E-state index contributed by atoms with van der Waals surface area (Å²) in [6, 6.07) is 10.9. The third-order valence-corrected chi connectivity index (χ3v) is 6.46. The van der Waals surface area contributed by atoms with E-state index in [9.17, 15) is 25.2 Å². The molecule has 2 aliphatic rings. The normalized spacial score (nSPS) is 24.4. The second-order valence-corrected chi connectivity index (χ2v) is 9.96. The fourth-order valence-corrected chi connectivity index (χ4v) is 4.40. The van der Waals surface area contributed by atoms with Crippen molar-refractivity contribution < 1.29 is 39.4 Å². The van der Waals surface area contributed by atoms with Gasteiger partial charge in [0.1, 0.15) is 18.8 Å². The summed E-state index contributed by atoms with van der Waals surface area (Å²) in [7, 11) is 0. The van der Waals surface area contributed by atoms with Crippen LogP contribution in [0.2, 0.25) is 0 Å². The summed E-state index contributed by atoms with van der Waals surface area (Å²) in [5, 5.41) is 40.4. The maximum absolute atomic E-state index is 11.8. The smallest absolute Gasteiger partial charge is 0.504 e. The third kappa shape index (κ3) is 6.45. The number of hydrogen-bond donors (Lipinski definition) is 4. The molecule has 2 aromatic carbocycles. The summed E-state index contributed by atoms with van der Waals surface area (Å²) in [5.41, 5.74) is 4.05. The highest BCUT2D eigenvalue weighted by Gasteiger charge is 2.38. The van der Waals surface area contributed by atoms with Gasteiger partial charge < -0.3 is 34.6 Å². The summed E-state index contributed by atoms with van der Waals surface area (Å²) in [6.45, 7) is 3.82. The molecule has 1 saturated heterocycles. The maximum atomic E-state index is 11.8. The first kappa shape index (κ1) is 25.3. The average Bonchev–Trinajstić information content (AvgIpc) is 3.66. The Kier molecular flexibility index (Phi) is 7.84. The van der Waals surface area contributed by atoms with Gasteiger partial charge in [-0.2, -0.15) is 0 Å². The number of hydrogen-bond acceptors (Lipinski definition) is 8. The van der Waals surface area contributed by atoms with Crippen molar-refractivity contribution in [1.29, 1.82) is 0 Å². The first-order chi connectivity index (χ1) is 16.7. The van der Waals surface area contributed by atoms with Crippen molar-refractivity contribution in [1.82, 2.24) is 0 Å². The summed E-state index contributed by atoms with van der Waals surface area (Å²) in [6.07, 6.45) is -1.40. The van der Waals surface area contributed by atoms with Gasteiger partial charge >= 0.3 is 6.16 Å². The Morgan fingerprint density at radius 1 is 1.06 bits per heavy atom. The fourth-order valence-electron chi connectivity index (χ4n) is 4.40. The molecule has 1 heterocycles. The molecule has 4 rings (SSSR count). The molecule has 1 aliphatic carbocycles. The lowest BCUT2D eigenvalue weighted by Gasteiger charge is -2.37. The van der Waals surface area contributed by atoms with Crippen LogP contribution in [0, 0.1) is 5.92 Å². The number of aliphatic hydroxyl groups is 2. The van der Waals surface area contributed by atoms with Gasteiger partial charge in [0, 0.05) is 6.42 Å². The summed E-state index contributed by atoms with van der Waals surface area (Å²) < 4.78 is 16.2. The molecule has 0 spiro atoms. The van der Waals surface area contributed by atoms with Gasteiger partial charge in [0.2, 0.25) is 0 Å². The predicted octanol–water partition coefficient (Wildman–Crippen LogP) is 3.93. The van der Waals surface area contributed by atoms with Crippen molar-refractivity contribution >= 4 is 6.16 Å². The first-order valence-corrected chi connectivity index (χ1v) is 12.2. The number of aromatic hydroxyl groups is 2. The second kappa shape index (κ2) is 10.8. The van der Waals surface area contributed by atoms with Gasteiger partial charge in [-0.1, -0.05) is 38.1 Å². The van der Waals surface area contributed by atoms with E-state index in [2.05, 4.69) is 6.07 Å². The Bertz CT molecular complexity index is 1030. The van der Waals surface area contributed by atoms with Crippen molar-refractivity contribution in [2.24, 2.45) is 5.92 Å². The largest absolute Gasteiger partial charge is 0.508 e. The van der Waals surface area contributed by atoms with Crippen LogP contribution in [0.1, 0.15) is 67.4 Å². The van der Waals surface area contributed by atoms with Gasteiger partial charge in [-0.15, -0.1) is 0 Å². The molecule has 1 saturated carbocycles. The molecule has 8 nitrogen and oxygen atoms in total. The molecule has 0 bridgehead atoms. The Balaban J connectivity index is 1.49. The van der Waals surface area contributed by atoms with Gasteiger partial charge in [-0.3, -0.25) is 0 Å². The Morgan fingerprint density at radius 2 is 1.83 bits per heavy atom. The lowest BCUT2D eigenvalue weighted by molar-refractivity contribution is -0.183. The second-order valence-electron chi connectivity index (χ2n) is 9.96.